The fourth-order valence-electron chi connectivity index (χ4n) is 6.26. The van der Waals surface area contributed by atoms with Gasteiger partial charge in [0.15, 0.2) is 0 Å². The highest BCUT2D eigenvalue weighted by Crippen LogP contribution is 2.15. The lowest BCUT2D eigenvalue weighted by Gasteiger charge is -2.18. The summed E-state index contributed by atoms with van der Waals surface area (Å²) in [7, 11) is 2.01. The molecule has 0 amide bonds. The molecule has 0 spiro atoms. The summed E-state index contributed by atoms with van der Waals surface area (Å²) in [5, 5.41) is 3.28. The monoisotopic (exact) mass is 610 g/mol. The van der Waals surface area contributed by atoms with Gasteiger partial charge in [0.1, 0.15) is 0 Å². The van der Waals surface area contributed by atoms with Gasteiger partial charge in [-0.15, -0.1) is 0 Å². The smallest absolute Gasteiger partial charge is 0.0932 e. The van der Waals surface area contributed by atoms with Gasteiger partial charge in [-0.25, -0.2) is 0 Å². The van der Waals surface area contributed by atoms with Gasteiger partial charge < -0.3 is 14.8 Å². The van der Waals surface area contributed by atoms with Crippen LogP contribution in [0.1, 0.15) is 219 Å². The second-order valence-electron chi connectivity index (χ2n) is 13.7. The summed E-state index contributed by atoms with van der Waals surface area (Å²) in [4.78, 5) is 0. The molecule has 260 valence electrons. The van der Waals surface area contributed by atoms with Gasteiger partial charge in [0.05, 0.1) is 12.7 Å². The van der Waals surface area contributed by atoms with Crippen LogP contribution in [0.15, 0.2) is 0 Å². The predicted octanol–water partition coefficient (Wildman–Crippen LogP) is 13.1. The quantitative estimate of drug-likeness (QED) is 0.0703. The number of hydrogen-bond donors (Lipinski definition) is 1. The molecule has 3 heteroatoms. The van der Waals surface area contributed by atoms with E-state index in [2.05, 4.69) is 19.2 Å². The second-order valence-corrected chi connectivity index (χ2v) is 13.7. The molecule has 0 bridgehead atoms. The van der Waals surface area contributed by atoms with E-state index in [4.69, 9.17) is 9.47 Å². The Labute approximate surface area is 273 Å². The second kappa shape index (κ2) is 39.9. The van der Waals surface area contributed by atoms with Gasteiger partial charge in [0, 0.05) is 19.8 Å². The van der Waals surface area contributed by atoms with Crippen LogP contribution in [-0.4, -0.2) is 39.5 Å². The van der Waals surface area contributed by atoms with Crippen molar-refractivity contribution in [3.05, 3.63) is 0 Å². The first-order valence-electron chi connectivity index (χ1n) is 20.2. The Hall–Kier alpha value is -0.120. The number of rotatable bonds is 39. The Morgan fingerprint density at radius 3 is 0.953 bits per heavy atom. The van der Waals surface area contributed by atoms with Gasteiger partial charge in [0.2, 0.25) is 0 Å². The molecule has 43 heavy (non-hydrogen) atoms. The molecule has 0 saturated heterocycles. The summed E-state index contributed by atoms with van der Waals surface area (Å²) in [6.45, 7) is 7.99. The molecule has 0 aliphatic heterocycles. The first-order chi connectivity index (χ1) is 21.3. The zero-order valence-electron chi connectivity index (χ0n) is 30.3. The maximum atomic E-state index is 6.15. The molecule has 0 saturated carbocycles. The molecule has 0 aliphatic rings. The van der Waals surface area contributed by atoms with E-state index in [0.29, 0.717) is 0 Å². The van der Waals surface area contributed by atoms with E-state index in [1.54, 1.807) is 0 Å². The predicted molar refractivity (Wildman–Crippen MR) is 194 cm³/mol. The van der Waals surface area contributed by atoms with Crippen LogP contribution in [0.5, 0.6) is 0 Å². The van der Waals surface area contributed by atoms with Gasteiger partial charge in [-0.2, -0.15) is 0 Å². The Morgan fingerprint density at radius 2 is 0.651 bits per heavy atom. The van der Waals surface area contributed by atoms with Crippen molar-refractivity contribution in [1.82, 2.24) is 5.32 Å². The fourth-order valence-corrected chi connectivity index (χ4v) is 6.26. The highest BCUT2D eigenvalue weighted by molar-refractivity contribution is 4.60. The maximum Gasteiger partial charge on any atom is 0.0932 e. The highest BCUT2D eigenvalue weighted by Gasteiger charge is 2.08. The van der Waals surface area contributed by atoms with E-state index in [1.807, 2.05) is 7.05 Å². The molecule has 0 heterocycles. The van der Waals surface area contributed by atoms with Crippen molar-refractivity contribution in [2.24, 2.45) is 0 Å². The van der Waals surface area contributed by atoms with Crippen LogP contribution in [0.4, 0.5) is 0 Å². The van der Waals surface area contributed by atoms with Crippen LogP contribution >= 0.6 is 0 Å². The summed E-state index contributed by atoms with van der Waals surface area (Å²) in [5.41, 5.74) is 0. The minimum Gasteiger partial charge on any atom is -0.379 e. The van der Waals surface area contributed by atoms with Gasteiger partial charge >= 0.3 is 0 Å². The standard InChI is InChI=1S/C40H83NO2/c1-4-6-8-10-12-14-16-18-20-22-24-26-28-30-32-34-36-42-39-40(38-41-3)43-37-35-33-31-29-27-25-23-21-19-17-15-13-11-9-7-5-2/h40-41H,4-39H2,1-3H3. The Kier molecular flexibility index (Phi) is 39.8. The van der Waals surface area contributed by atoms with Gasteiger partial charge in [-0.1, -0.05) is 206 Å². The van der Waals surface area contributed by atoms with E-state index in [9.17, 15) is 0 Å². The van der Waals surface area contributed by atoms with Crippen molar-refractivity contribution >= 4 is 0 Å². The maximum absolute atomic E-state index is 6.15. The first kappa shape index (κ1) is 42.9. The van der Waals surface area contributed by atoms with Crippen molar-refractivity contribution in [3.8, 4) is 0 Å². The van der Waals surface area contributed by atoms with Crippen LogP contribution in [0.3, 0.4) is 0 Å². The van der Waals surface area contributed by atoms with E-state index in [-0.39, 0.29) is 6.10 Å². The SMILES string of the molecule is CCCCCCCCCCCCCCCCCCOCC(CNC)OCCCCCCCCCCCCCCCCCC. The zero-order valence-corrected chi connectivity index (χ0v) is 30.3. The Balaban J connectivity index is 3.34. The van der Waals surface area contributed by atoms with Crippen LogP contribution in [0.2, 0.25) is 0 Å². The summed E-state index contributed by atoms with van der Waals surface area (Å²) in [6.07, 6.45) is 45.4. The normalized spacial score (nSPS) is 12.3. The Bertz CT molecular complexity index is 471. The number of hydrogen-bond acceptors (Lipinski definition) is 3. The summed E-state index contributed by atoms with van der Waals surface area (Å²) >= 11 is 0. The lowest BCUT2D eigenvalue weighted by atomic mass is 10.0. The first-order valence-corrected chi connectivity index (χ1v) is 20.2. The average molecular weight is 610 g/mol. The molecule has 0 aromatic heterocycles. The molecular weight excluding hydrogens is 526 g/mol. The molecule has 0 aromatic carbocycles. The van der Waals surface area contributed by atoms with Crippen LogP contribution < -0.4 is 5.32 Å². The molecule has 1 atom stereocenters. The van der Waals surface area contributed by atoms with Crippen LogP contribution in [0.25, 0.3) is 0 Å². The van der Waals surface area contributed by atoms with E-state index in [1.165, 1.54) is 205 Å². The molecule has 1 N–H and O–H groups in total. The molecule has 1 unspecified atom stereocenters. The van der Waals surface area contributed by atoms with Gasteiger partial charge in [0.25, 0.3) is 0 Å². The summed E-state index contributed by atoms with van der Waals surface area (Å²) in [5.74, 6) is 0. The largest absolute Gasteiger partial charge is 0.379 e. The third-order valence-corrected chi connectivity index (χ3v) is 9.23. The molecular formula is C40H83NO2. The van der Waals surface area contributed by atoms with Crippen molar-refractivity contribution in [2.75, 3.05) is 33.4 Å². The third-order valence-electron chi connectivity index (χ3n) is 9.23. The van der Waals surface area contributed by atoms with Crippen molar-refractivity contribution in [2.45, 2.75) is 225 Å². The number of likely N-dealkylation sites (N-methyl/N-ethyl adjacent to an activating group) is 1. The van der Waals surface area contributed by atoms with E-state index in [0.717, 1.165) is 26.4 Å². The lowest BCUT2D eigenvalue weighted by molar-refractivity contribution is -0.0167. The van der Waals surface area contributed by atoms with Crippen molar-refractivity contribution < 1.29 is 9.47 Å². The summed E-state index contributed by atoms with van der Waals surface area (Å²) in [6, 6.07) is 0. The van der Waals surface area contributed by atoms with Crippen molar-refractivity contribution in [3.63, 3.8) is 0 Å². The third kappa shape index (κ3) is 38.0. The lowest BCUT2D eigenvalue weighted by Crippen LogP contribution is -2.31. The average Bonchev–Trinajstić information content (AvgIpc) is 3.01. The number of nitrogens with one attached hydrogen (secondary N) is 1. The molecule has 0 aromatic rings. The van der Waals surface area contributed by atoms with E-state index < -0.39 is 0 Å². The summed E-state index contributed by atoms with van der Waals surface area (Å²) < 4.78 is 12.1. The molecule has 0 fully saturated rings. The zero-order chi connectivity index (χ0) is 31.2. The molecule has 0 rings (SSSR count). The molecule has 3 nitrogen and oxygen atoms in total. The topological polar surface area (TPSA) is 30.5 Å². The minimum atomic E-state index is 0.197. The van der Waals surface area contributed by atoms with Crippen LogP contribution in [-0.2, 0) is 9.47 Å². The van der Waals surface area contributed by atoms with Crippen molar-refractivity contribution in [1.29, 1.82) is 0 Å². The molecule has 0 radical (unpaired) electrons. The number of ether oxygens (including phenoxy) is 2. The number of unbranched alkanes of at least 4 members (excludes halogenated alkanes) is 30. The van der Waals surface area contributed by atoms with Gasteiger partial charge in [-0.3, -0.25) is 0 Å². The minimum absolute atomic E-state index is 0.197. The van der Waals surface area contributed by atoms with Crippen LogP contribution in [0, 0.1) is 0 Å². The molecule has 0 aliphatic carbocycles. The Morgan fingerprint density at radius 1 is 0.372 bits per heavy atom. The highest BCUT2D eigenvalue weighted by atomic mass is 16.5. The fraction of sp³-hybridized carbons (Fsp3) is 1.00. The van der Waals surface area contributed by atoms with E-state index >= 15 is 0 Å². The van der Waals surface area contributed by atoms with Gasteiger partial charge in [-0.05, 0) is 19.9 Å².